The van der Waals surface area contributed by atoms with E-state index < -0.39 is 6.04 Å². The lowest BCUT2D eigenvalue weighted by molar-refractivity contribution is 0.244. The van der Waals surface area contributed by atoms with Crippen LogP contribution in [0.15, 0.2) is 83.0 Å². The molecule has 0 bridgehead atoms. The highest BCUT2D eigenvalue weighted by molar-refractivity contribution is 6.30. The van der Waals surface area contributed by atoms with E-state index >= 15 is 0 Å². The highest BCUT2D eigenvalue weighted by atomic mass is 35.5. The van der Waals surface area contributed by atoms with Crippen LogP contribution in [0.4, 0.5) is 14.9 Å². The van der Waals surface area contributed by atoms with Crippen molar-refractivity contribution in [2.45, 2.75) is 19.9 Å². The Kier molecular flexibility index (Phi) is 5.63. The first-order valence-corrected chi connectivity index (χ1v) is 11.0. The molecule has 8 heteroatoms. The van der Waals surface area contributed by atoms with Gasteiger partial charge in [-0.25, -0.2) is 9.18 Å². The monoisotopic (exact) mass is 474 g/mol. The average molecular weight is 475 g/mol. The van der Waals surface area contributed by atoms with Crippen LogP contribution in [-0.2, 0) is 0 Å². The van der Waals surface area contributed by atoms with Crippen LogP contribution < -0.4 is 10.2 Å². The van der Waals surface area contributed by atoms with Crippen molar-refractivity contribution in [1.29, 1.82) is 0 Å². The number of anilines is 1. The van der Waals surface area contributed by atoms with Crippen LogP contribution in [0.3, 0.4) is 0 Å². The first-order valence-electron chi connectivity index (χ1n) is 10.6. The molecule has 2 heterocycles. The molecule has 0 fully saturated rings. The van der Waals surface area contributed by atoms with Crippen LogP contribution >= 0.6 is 11.6 Å². The maximum Gasteiger partial charge on any atom is 0.326 e. The summed E-state index contributed by atoms with van der Waals surface area (Å²) in [5, 5.41) is 7.73. The van der Waals surface area contributed by atoms with Crippen LogP contribution in [-0.4, -0.2) is 16.2 Å². The van der Waals surface area contributed by atoms with E-state index in [0.29, 0.717) is 33.4 Å². The van der Waals surface area contributed by atoms with Crippen molar-refractivity contribution in [1.82, 2.24) is 15.5 Å². The number of amides is 2. The summed E-state index contributed by atoms with van der Waals surface area (Å²) in [5.74, 6) is 0.333. The predicted molar refractivity (Wildman–Crippen MR) is 129 cm³/mol. The Bertz CT molecular complexity index is 1380. The third-order valence-corrected chi connectivity index (χ3v) is 5.99. The molecular weight excluding hydrogens is 455 g/mol. The zero-order valence-electron chi connectivity index (χ0n) is 18.4. The SMILES string of the molecule is CC1=C(c2nc(-c3ccc(C)cc3)no2)C(c2ccc(F)cc2)NC(=O)N1c1ccc(Cl)cc1. The number of allylic oxidation sites excluding steroid dienone is 1. The largest absolute Gasteiger partial charge is 0.334 e. The number of carbonyl (C=O) groups is 1. The fourth-order valence-electron chi connectivity index (χ4n) is 3.98. The minimum atomic E-state index is -0.608. The second-order valence-corrected chi connectivity index (χ2v) is 8.47. The molecule has 6 nitrogen and oxygen atoms in total. The number of rotatable bonds is 4. The zero-order valence-corrected chi connectivity index (χ0v) is 19.2. The lowest BCUT2D eigenvalue weighted by Crippen LogP contribution is -2.46. The van der Waals surface area contributed by atoms with Crippen LogP contribution in [0.2, 0.25) is 5.02 Å². The molecule has 1 aliphatic rings. The summed E-state index contributed by atoms with van der Waals surface area (Å²) >= 11 is 6.04. The Hall–Kier alpha value is -3.97. The molecule has 170 valence electrons. The molecule has 1 atom stereocenters. The van der Waals surface area contributed by atoms with Gasteiger partial charge in [-0.2, -0.15) is 4.98 Å². The van der Waals surface area contributed by atoms with Gasteiger partial charge >= 0.3 is 6.03 Å². The molecule has 0 radical (unpaired) electrons. The number of aromatic nitrogens is 2. The van der Waals surface area contributed by atoms with Crippen LogP contribution in [0.25, 0.3) is 17.0 Å². The van der Waals surface area contributed by atoms with Crippen molar-refractivity contribution >= 4 is 28.9 Å². The van der Waals surface area contributed by atoms with Gasteiger partial charge in [0.05, 0.1) is 17.3 Å². The van der Waals surface area contributed by atoms with Gasteiger partial charge in [0.15, 0.2) is 0 Å². The minimum Gasteiger partial charge on any atom is -0.334 e. The zero-order chi connectivity index (χ0) is 23.8. The van der Waals surface area contributed by atoms with Gasteiger partial charge in [-0.05, 0) is 55.8 Å². The number of halogens is 2. The second kappa shape index (κ2) is 8.76. The summed E-state index contributed by atoms with van der Waals surface area (Å²) < 4.78 is 19.3. The molecular formula is C26H20ClFN4O2. The Balaban J connectivity index is 1.64. The third-order valence-electron chi connectivity index (χ3n) is 5.74. The van der Waals surface area contributed by atoms with E-state index in [1.54, 1.807) is 36.4 Å². The van der Waals surface area contributed by atoms with Gasteiger partial charge in [0.25, 0.3) is 5.89 Å². The van der Waals surface area contributed by atoms with Crippen molar-refractivity contribution in [2.75, 3.05) is 4.90 Å². The van der Waals surface area contributed by atoms with Crippen molar-refractivity contribution in [2.24, 2.45) is 0 Å². The minimum absolute atomic E-state index is 0.265. The van der Waals surface area contributed by atoms with Crippen molar-refractivity contribution < 1.29 is 13.7 Å². The molecule has 5 rings (SSSR count). The molecule has 0 spiro atoms. The van der Waals surface area contributed by atoms with Crippen LogP contribution in [0.5, 0.6) is 0 Å². The van der Waals surface area contributed by atoms with Gasteiger partial charge < -0.3 is 9.84 Å². The lowest BCUT2D eigenvalue weighted by Gasteiger charge is -2.35. The molecule has 0 saturated heterocycles. The van der Waals surface area contributed by atoms with Gasteiger partial charge in [-0.1, -0.05) is 58.7 Å². The topological polar surface area (TPSA) is 71.3 Å². The Morgan fingerprint density at radius 1 is 0.971 bits per heavy atom. The standard InChI is InChI=1S/C26H20ClFN4O2/c1-15-3-5-18(6-4-15)24-30-25(34-31-24)22-16(2)32(21-13-9-19(27)10-14-21)26(33)29-23(22)17-7-11-20(28)12-8-17/h3-14,23H,1-2H3,(H,29,33). The second-order valence-electron chi connectivity index (χ2n) is 8.03. The van der Waals surface area contributed by atoms with E-state index in [1.807, 2.05) is 38.1 Å². The third kappa shape index (κ3) is 4.06. The number of hydrogen-bond acceptors (Lipinski definition) is 4. The summed E-state index contributed by atoms with van der Waals surface area (Å²) in [6, 6.07) is 19.7. The lowest BCUT2D eigenvalue weighted by atomic mass is 9.94. The quantitative estimate of drug-likeness (QED) is 0.364. The normalized spacial score (nSPS) is 16.1. The fourth-order valence-corrected chi connectivity index (χ4v) is 4.11. The van der Waals surface area contributed by atoms with E-state index in [-0.39, 0.29) is 17.7 Å². The number of aryl methyl sites for hydroxylation is 1. The van der Waals surface area contributed by atoms with Gasteiger partial charge in [0.1, 0.15) is 5.82 Å². The number of hydrogen-bond donors (Lipinski definition) is 1. The van der Waals surface area contributed by atoms with Gasteiger partial charge in [-0.3, -0.25) is 4.90 Å². The summed E-state index contributed by atoms with van der Waals surface area (Å²) in [7, 11) is 0. The van der Waals surface area contributed by atoms with E-state index in [1.165, 1.54) is 17.0 Å². The Morgan fingerprint density at radius 3 is 2.32 bits per heavy atom. The Labute approximate surface area is 200 Å². The number of benzene rings is 3. The highest BCUT2D eigenvalue weighted by Crippen LogP contribution is 2.39. The van der Waals surface area contributed by atoms with E-state index in [0.717, 1.165) is 11.1 Å². The number of carbonyl (C=O) groups excluding carboxylic acids is 1. The smallest absolute Gasteiger partial charge is 0.326 e. The number of urea groups is 1. The summed E-state index contributed by atoms with van der Waals surface area (Å²) in [4.78, 5) is 19.3. The molecule has 34 heavy (non-hydrogen) atoms. The first kappa shape index (κ1) is 21.9. The summed E-state index contributed by atoms with van der Waals surface area (Å²) in [5.41, 5.74) is 4.48. The van der Waals surface area contributed by atoms with Crippen molar-refractivity contribution in [3.8, 4) is 11.4 Å². The molecule has 1 aromatic heterocycles. The highest BCUT2D eigenvalue weighted by Gasteiger charge is 2.36. The predicted octanol–water partition coefficient (Wildman–Crippen LogP) is 6.54. The molecule has 0 saturated carbocycles. The van der Waals surface area contributed by atoms with Crippen molar-refractivity contribution in [3.05, 3.63) is 106 Å². The van der Waals surface area contributed by atoms with E-state index in [9.17, 15) is 9.18 Å². The molecule has 2 amide bonds. The Morgan fingerprint density at radius 2 is 1.65 bits per heavy atom. The van der Waals surface area contributed by atoms with Gasteiger partial charge in [0.2, 0.25) is 5.82 Å². The van der Waals surface area contributed by atoms with Crippen LogP contribution in [0, 0.1) is 12.7 Å². The maximum atomic E-state index is 13.6. The molecule has 3 aromatic carbocycles. The number of nitrogens with one attached hydrogen (secondary N) is 1. The molecule has 4 aromatic rings. The van der Waals surface area contributed by atoms with Gasteiger partial charge in [0, 0.05) is 16.3 Å². The molecule has 0 aliphatic carbocycles. The first-order chi connectivity index (χ1) is 16.4. The van der Waals surface area contributed by atoms with Gasteiger partial charge in [-0.15, -0.1) is 0 Å². The average Bonchev–Trinajstić information content (AvgIpc) is 3.30. The molecule has 1 aliphatic heterocycles. The number of nitrogens with zero attached hydrogens (tertiary/aromatic N) is 3. The maximum absolute atomic E-state index is 13.6. The molecule has 1 unspecified atom stereocenters. The van der Waals surface area contributed by atoms with Crippen molar-refractivity contribution in [3.63, 3.8) is 0 Å². The summed E-state index contributed by atoms with van der Waals surface area (Å²) in [6.07, 6.45) is 0. The summed E-state index contributed by atoms with van der Waals surface area (Å²) in [6.45, 7) is 3.82. The fraction of sp³-hybridized carbons (Fsp3) is 0.115. The van der Waals surface area contributed by atoms with E-state index in [4.69, 9.17) is 16.1 Å². The van der Waals surface area contributed by atoms with E-state index in [2.05, 4.69) is 15.5 Å². The molecule has 1 N–H and O–H groups in total. The van der Waals surface area contributed by atoms with Crippen LogP contribution in [0.1, 0.15) is 30.0 Å².